The van der Waals surface area contributed by atoms with Crippen LogP contribution in [0.3, 0.4) is 0 Å². The number of pyridine rings is 1. The maximum absolute atomic E-state index is 11.5. The van der Waals surface area contributed by atoms with Crippen LogP contribution in [0.2, 0.25) is 0 Å². The number of nitriles is 1. The first kappa shape index (κ1) is 12.5. The highest BCUT2D eigenvalue weighted by Crippen LogP contribution is 2.15. The highest BCUT2D eigenvalue weighted by molar-refractivity contribution is 6.39. The van der Waals surface area contributed by atoms with Crippen LogP contribution in [0, 0.1) is 11.3 Å². The molecule has 0 radical (unpaired) electrons. The van der Waals surface area contributed by atoms with Crippen LogP contribution >= 0.6 is 0 Å². The number of nitrogens with zero attached hydrogens (tertiary/aromatic N) is 2. The van der Waals surface area contributed by atoms with Crippen molar-refractivity contribution in [1.29, 1.82) is 5.26 Å². The summed E-state index contributed by atoms with van der Waals surface area (Å²) in [6.07, 6.45) is 1.47. The summed E-state index contributed by atoms with van der Waals surface area (Å²) in [6, 6.07) is 10.9. The van der Waals surface area contributed by atoms with Crippen molar-refractivity contribution in [2.45, 2.75) is 0 Å². The first-order chi connectivity index (χ1) is 9.20. The van der Waals surface area contributed by atoms with E-state index in [1.54, 1.807) is 12.1 Å². The number of para-hydroxylation sites is 1. The Morgan fingerprint density at radius 1 is 1.26 bits per heavy atom. The molecule has 1 aromatic carbocycles. The molecule has 0 aliphatic heterocycles. The summed E-state index contributed by atoms with van der Waals surface area (Å²) < 4.78 is 0. The van der Waals surface area contributed by atoms with Crippen LogP contribution in [0.25, 0.3) is 10.9 Å². The largest absolute Gasteiger partial charge is 0.335 e. The topological polar surface area (TPSA) is 94.9 Å². The normalized spacial score (nSPS) is 9.63. The van der Waals surface area contributed by atoms with Crippen molar-refractivity contribution < 1.29 is 9.59 Å². The smallest absolute Gasteiger partial charge is 0.313 e. The minimum Gasteiger partial charge on any atom is -0.335 e. The first-order valence-electron chi connectivity index (χ1n) is 5.51. The lowest BCUT2D eigenvalue weighted by Gasteiger charge is -2.05. The average Bonchev–Trinajstić information content (AvgIpc) is 2.44. The molecular weight excluding hydrogens is 244 g/mol. The number of amides is 2. The van der Waals surface area contributed by atoms with Gasteiger partial charge in [-0.05, 0) is 12.1 Å². The zero-order valence-electron chi connectivity index (χ0n) is 9.88. The van der Waals surface area contributed by atoms with E-state index < -0.39 is 11.8 Å². The van der Waals surface area contributed by atoms with Gasteiger partial charge < -0.3 is 10.6 Å². The van der Waals surface area contributed by atoms with Gasteiger partial charge >= 0.3 is 11.8 Å². The number of fused-ring (bicyclic) bond motifs is 1. The number of hydrogen-bond acceptors (Lipinski definition) is 4. The number of rotatable bonds is 2. The summed E-state index contributed by atoms with van der Waals surface area (Å²) >= 11 is 0. The Bertz CT molecular complexity index is 676. The molecule has 0 aliphatic carbocycles. The molecule has 6 nitrogen and oxygen atoms in total. The van der Waals surface area contributed by atoms with Crippen molar-refractivity contribution in [2.75, 3.05) is 11.9 Å². The van der Waals surface area contributed by atoms with Crippen LogP contribution in [-0.4, -0.2) is 23.3 Å². The number of carbonyl (C=O) groups excluding carboxylic acids is 2. The highest BCUT2D eigenvalue weighted by atomic mass is 16.2. The van der Waals surface area contributed by atoms with E-state index in [0.717, 1.165) is 10.9 Å². The van der Waals surface area contributed by atoms with E-state index in [1.165, 1.54) is 6.20 Å². The van der Waals surface area contributed by atoms with E-state index in [-0.39, 0.29) is 6.54 Å². The van der Waals surface area contributed by atoms with Gasteiger partial charge in [-0.3, -0.25) is 14.6 Å². The second kappa shape index (κ2) is 5.60. The summed E-state index contributed by atoms with van der Waals surface area (Å²) in [6.45, 7) is -0.206. The van der Waals surface area contributed by atoms with Gasteiger partial charge in [0.05, 0.1) is 23.5 Å². The lowest BCUT2D eigenvalue weighted by atomic mass is 10.2. The molecule has 6 heteroatoms. The van der Waals surface area contributed by atoms with Gasteiger partial charge in [-0.1, -0.05) is 18.2 Å². The van der Waals surface area contributed by atoms with Crippen molar-refractivity contribution in [3.63, 3.8) is 0 Å². The molecule has 1 heterocycles. The maximum Gasteiger partial charge on any atom is 0.313 e. The molecule has 0 saturated carbocycles. The Balaban J connectivity index is 2.11. The van der Waals surface area contributed by atoms with Gasteiger partial charge in [-0.15, -0.1) is 0 Å². The molecule has 0 saturated heterocycles. The minimum atomic E-state index is -0.852. The Hall–Kier alpha value is -2.94. The predicted octanol–water partition coefficient (Wildman–Crippen LogP) is 0.813. The molecule has 0 spiro atoms. The fourth-order valence-electron chi connectivity index (χ4n) is 1.53. The number of carbonyl (C=O) groups is 2. The maximum atomic E-state index is 11.5. The monoisotopic (exact) mass is 254 g/mol. The van der Waals surface area contributed by atoms with E-state index in [4.69, 9.17) is 5.26 Å². The molecule has 2 amide bonds. The van der Waals surface area contributed by atoms with Gasteiger partial charge in [-0.25, -0.2) is 0 Å². The van der Waals surface area contributed by atoms with Gasteiger partial charge in [-0.2, -0.15) is 5.26 Å². The quantitative estimate of drug-likeness (QED) is 0.612. The molecule has 0 fully saturated rings. The predicted molar refractivity (Wildman–Crippen MR) is 69.0 cm³/mol. The summed E-state index contributed by atoms with van der Waals surface area (Å²) in [7, 11) is 0. The number of hydrogen-bond donors (Lipinski definition) is 2. The van der Waals surface area contributed by atoms with E-state index in [9.17, 15) is 9.59 Å². The summed E-state index contributed by atoms with van der Waals surface area (Å²) in [5.41, 5.74) is 1.23. The number of anilines is 1. The minimum absolute atomic E-state index is 0.206. The second-order valence-electron chi connectivity index (χ2n) is 3.71. The van der Waals surface area contributed by atoms with Gasteiger partial charge in [0.2, 0.25) is 0 Å². The molecule has 2 N–H and O–H groups in total. The molecule has 0 unspecified atom stereocenters. The summed E-state index contributed by atoms with van der Waals surface area (Å²) in [4.78, 5) is 26.9. The number of aromatic nitrogens is 1. The van der Waals surface area contributed by atoms with Crippen LogP contribution < -0.4 is 10.6 Å². The summed E-state index contributed by atoms with van der Waals surface area (Å²) in [5.74, 6) is -1.68. The molecule has 1 aromatic heterocycles. The van der Waals surface area contributed by atoms with Crippen LogP contribution in [0.4, 0.5) is 5.69 Å². The van der Waals surface area contributed by atoms with Gasteiger partial charge in [0.25, 0.3) is 0 Å². The number of benzene rings is 1. The first-order valence-corrected chi connectivity index (χ1v) is 5.51. The van der Waals surface area contributed by atoms with Crippen molar-refractivity contribution in [3.8, 4) is 6.07 Å². The van der Waals surface area contributed by atoms with Crippen LogP contribution in [0.5, 0.6) is 0 Å². The third kappa shape index (κ3) is 3.04. The Labute approximate surface area is 109 Å². The number of nitrogens with one attached hydrogen (secondary N) is 2. The van der Waals surface area contributed by atoms with E-state index in [1.807, 2.05) is 24.3 Å². The second-order valence-corrected chi connectivity index (χ2v) is 3.71. The van der Waals surface area contributed by atoms with Gasteiger partial charge in [0, 0.05) is 5.39 Å². The van der Waals surface area contributed by atoms with E-state index >= 15 is 0 Å². The standard InChI is InChI=1S/C13H10N4O2/c14-5-6-15-12(18)13(19)17-10-7-9-3-1-2-4-11(9)16-8-10/h1-4,7-8H,6H2,(H,15,18)(H,17,19). The van der Waals surface area contributed by atoms with Gasteiger partial charge in [0.15, 0.2) is 0 Å². The molecule has 94 valence electrons. The lowest BCUT2D eigenvalue weighted by molar-refractivity contribution is -0.136. The fourth-order valence-corrected chi connectivity index (χ4v) is 1.53. The lowest BCUT2D eigenvalue weighted by Crippen LogP contribution is -2.35. The molecule has 0 atom stereocenters. The third-order valence-corrected chi connectivity index (χ3v) is 2.38. The van der Waals surface area contributed by atoms with E-state index in [2.05, 4.69) is 15.6 Å². The molecule has 0 bridgehead atoms. The third-order valence-electron chi connectivity index (χ3n) is 2.38. The SMILES string of the molecule is N#CCNC(=O)C(=O)Nc1cnc2ccccc2c1. The average molecular weight is 254 g/mol. The zero-order chi connectivity index (χ0) is 13.7. The van der Waals surface area contributed by atoms with Crippen molar-refractivity contribution in [2.24, 2.45) is 0 Å². The van der Waals surface area contributed by atoms with E-state index in [0.29, 0.717) is 5.69 Å². The van der Waals surface area contributed by atoms with Crippen molar-refractivity contribution in [3.05, 3.63) is 36.5 Å². The van der Waals surface area contributed by atoms with Crippen LogP contribution in [-0.2, 0) is 9.59 Å². The van der Waals surface area contributed by atoms with Crippen molar-refractivity contribution >= 4 is 28.4 Å². The Morgan fingerprint density at radius 2 is 2.05 bits per heavy atom. The van der Waals surface area contributed by atoms with Crippen LogP contribution in [0.15, 0.2) is 36.5 Å². The fraction of sp³-hybridized carbons (Fsp3) is 0.0769. The Morgan fingerprint density at radius 3 is 2.84 bits per heavy atom. The molecule has 2 aromatic rings. The highest BCUT2D eigenvalue weighted by Gasteiger charge is 2.13. The zero-order valence-corrected chi connectivity index (χ0v) is 9.88. The molecular formula is C13H10N4O2. The summed E-state index contributed by atoms with van der Waals surface area (Å²) in [5, 5.41) is 13.7. The van der Waals surface area contributed by atoms with Crippen molar-refractivity contribution in [1.82, 2.24) is 10.3 Å². The van der Waals surface area contributed by atoms with Gasteiger partial charge in [0.1, 0.15) is 6.54 Å². The molecule has 19 heavy (non-hydrogen) atoms. The Kier molecular flexibility index (Phi) is 3.69. The molecule has 0 aliphatic rings. The van der Waals surface area contributed by atoms with Crippen LogP contribution in [0.1, 0.15) is 0 Å². The molecule has 2 rings (SSSR count).